The van der Waals surface area contributed by atoms with E-state index in [9.17, 15) is 13.6 Å². The van der Waals surface area contributed by atoms with Crippen LogP contribution in [0.3, 0.4) is 0 Å². The van der Waals surface area contributed by atoms with Crippen molar-refractivity contribution in [3.63, 3.8) is 0 Å². The maximum atomic E-state index is 13.7. The van der Waals surface area contributed by atoms with Gasteiger partial charge in [0.1, 0.15) is 11.6 Å². The molecule has 1 aromatic heterocycles. The van der Waals surface area contributed by atoms with Crippen molar-refractivity contribution >= 4 is 23.0 Å². The molecule has 0 fully saturated rings. The summed E-state index contributed by atoms with van der Waals surface area (Å²) in [7, 11) is 0. The summed E-state index contributed by atoms with van der Waals surface area (Å²) in [5, 5.41) is 13.7. The highest BCUT2D eigenvalue weighted by atomic mass is 32.1. The SMILES string of the molecule is Cc1ccsc1C(C)Nc1cc(C(=O)O)c(F)cc1F. The Kier molecular flexibility index (Phi) is 4.04. The molecule has 106 valence electrons. The first-order valence-electron chi connectivity index (χ1n) is 5.93. The highest BCUT2D eigenvalue weighted by Gasteiger charge is 2.17. The first-order valence-corrected chi connectivity index (χ1v) is 6.81. The van der Waals surface area contributed by atoms with Crippen LogP contribution in [0.15, 0.2) is 23.6 Å². The van der Waals surface area contributed by atoms with Crippen LogP contribution in [0.2, 0.25) is 0 Å². The van der Waals surface area contributed by atoms with Gasteiger partial charge in [0.15, 0.2) is 0 Å². The minimum Gasteiger partial charge on any atom is -0.478 e. The second-order valence-electron chi connectivity index (χ2n) is 4.45. The molecule has 1 unspecified atom stereocenters. The molecule has 3 nitrogen and oxygen atoms in total. The molecule has 0 radical (unpaired) electrons. The zero-order chi connectivity index (χ0) is 14.9. The molecule has 2 rings (SSSR count). The van der Waals surface area contributed by atoms with Gasteiger partial charge in [-0.2, -0.15) is 0 Å². The number of aromatic carboxylic acids is 1. The van der Waals surface area contributed by atoms with E-state index in [2.05, 4.69) is 5.32 Å². The van der Waals surface area contributed by atoms with Gasteiger partial charge in [0.25, 0.3) is 0 Å². The van der Waals surface area contributed by atoms with Gasteiger partial charge in [-0.25, -0.2) is 13.6 Å². The number of benzene rings is 1. The predicted molar refractivity (Wildman–Crippen MR) is 74.4 cm³/mol. The fourth-order valence-electron chi connectivity index (χ4n) is 1.95. The minimum absolute atomic E-state index is 0.0240. The Bertz CT molecular complexity index is 655. The zero-order valence-corrected chi connectivity index (χ0v) is 11.7. The number of aryl methyl sites for hydroxylation is 1. The molecular weight excluding hydrogens is 284 g/mol. The third-order valence-electron chi connectivity index (χ3n) is 2.95. The lowest BCUT2D eigenvalue weighted by atomic mass is 10.1. The highest BCUT2D eigenvalue weighted by Crippen LogP contribution is 2.29. The number of halogens is 2. The third-order valence-corrected chi connectivity index (χ3v) is 4.16. The summed E-state index contributed by atoms with van der Waals surface area (Å²) in [6.45, 7) is 3.77. The first kappa shape index (κ1) is 14.5. The summed E-state index contributed by atoms with van der Waals surface area (Å²) in [6, 6.07) is 3.31. The maximum absolute atomic E-state index is 13.7. The Morgan fingerprint density at radius 1 is 1.35 bits per heavy atom. The van der Waals surface area contributed by atoms with Gasteiger partial charge in [0.05, 0.1) is 17.3 Å². The van der Waals surface area contributed by atoms with Crippen LogP contribution in [0, 0.1) is 18.6 Å². The van der Waals surface area contributed by atoms with Crippen molar-refractivity contribution < 1.29 is 18.7 Å². The number of carboxylic acid groups (broad SMARTS) is 1. The molecule has 0 saturated carbocycles. The predicted octanol–water partition coefficient (Wildman–Crippen LogP) is 4.21. The normalized spacial score (nSPS) is 12.2. The van der Waals surface area contributed by atoms with E-state index >= 15 is 0 Å². The van der Waals surface area contributed by atoms with E-state index in [1.165, 1.54) is 11.3 Å². The molecule has 0 saturated heterocycles. The number of hydrogen-bond acceptors (Lipinski definition) is 3. The van der Waals surface area contributed by atoms with Gasteiger partial charge in [0, 0.05) is 10.9 Å². The molecule has 2 N–H and O–H groups in total. The van der Waals surface area contributed by atoms with Gasteiger partial charge in [0.2, 0.25) is 0 Å². The van der Waals surface area contributed by atoms with E-state index in [4.69, 9.17) is 5.11 Å². The van der Waals surface area contributed by atoms with Crippen LogP contribution in [-0.2, 0) is 0 Å². The quantitative estimate of drug-likeness (QED) is 0.889. The molecule has 0 spiro atoms. The molecule has 1 aromatic carbocycles. The van der Waals surface area contributed by atoms with E-state index in [0.717, 1.165) is 16.5 Å². The molecule has 20 heavy (non-hydrogen) atoms. The van der Waals surface area contributed by atoms with E-state index < -0.39 is 23.2 Å². The standard InChI is InChI=1S/C14H13F2NO2S/c1-7-3-4-20-13(7)8(2)17-12-5-9(14(18)19)10(15)6-11(12)16/h3-6,8,17H,1-2H3,(H,18,19). The van der Waals surface area contributed by atoms with Crippen LogP contribution >= 0.6 is 11.3 Å². The molecule has 0 aliphatic carbocycles. The summed E-state index contributed by atoms with van der Waals surface area (Å²) >= 11 is 1.52. The zero-order valence-electron chi connectivity index (χ0n) is 10.9. The van der Waals surface area contributed by atoms with Crippen molar-refractivity contribution in [2.45, 2.75) is 19.9 Å². The number of carboxylic acids is 1. The number of nitrogens with one attached hydrogen (secondary N) is 1. The molecule has 0 aliphatic heterocycles. The molecule has 0 amide bonds. The van der Waals surface area contributed by atoms with Crippen molar-refractivity contribution in [1.82, 2.24) is 0 Å². The number of thiophene rings is 1. The smallest absolute Gasteiger partial charge is 0.338 e. The first-order chi connectivity index (χ1) is 9.40. The minimum atomic E-state index is -1.43. The van der Waals surface area contributed by atoms with Crippen LogP contribution in [0.25, 0.3) is 0 Å². The molecule has 1 atom stereocenters. The van der Waals surface area contributed by atoms with E-state index in [-0.39, 0.29) is 11.7 Å². The Labute approximate surface area is 118 Å². The van der Waals surface area contributed by atoms with Gasteiger partial charge < -0.3 is 10.4 Å². The van der Waals surface area contributed by atoms with Gasteiger partial charge in [-0.3, -0.25) is 0 Å². The molecule has 0 aliphatic rings. The van der Waals surface area contributed by atoms with Crippen molar-refractivity contribution in [3.05, 3.63) is 51.2 Å². The van der Waals surface area contributed by atoms with Crippen LogP contribution < -0.4 is 5.32 Å². The molecular formula is C14H13F2NO2S. The van der Waals surface area contributed by atoms with E-state index in [1.54, 1.807) is 0 Å². The van der Waals surface area contributed by atoms with Crippen LogP contribution in [0.5, 0.6) is 0 Å². The molecule has 0 bridgehead atoms. The number of rotatable bonds is 4. The summed E-state index contributed by atoms with van der Waals surface area (Å²) in [5.74, 6) is -3.32. The number of hydrogen-bond donors (Lipinski definition) is 2. The lowest BCUT2D eigenvalue weighted by molar-refractivity contribution is 0.0692. The molecule has 2 aromatic rings. The fraction of sp³-hybridized carbons (Fsp3) is 0.214. The summed E-state index contributed by atoms with van der Waals surface area (Å²) in [4.78, 5) is 11.9. The maximum Gasteiger partial charge on any atom is 0.338 e. The van der Waals surface area contributed by atoms with Crippen LogP contribution in [-0.4, -0.2) is 11.1 Å². The summed E-state index contributed by atoms with van der Waals surface area (Å²) < 4.78 is 27.0. The van der Waals surface area contributed by atoms with Crippen LogP contribution in [0.4, 0.5) is 14.5 Å². The second-order valence-corrected chi connectivity index (χ2v) is 5.40. The fourth-order valence-corrected chi connectivity index (χ4v) is 2.89. The topological polar surface area (TPSA) is 49.3 Å². The average molecular weight is 297 g/mol. The lowest BCUT2D eigenvalue weighted by Gasteiger charge is -2.16. The van der Waals surface area contributed by atoms with Gasteiger partial charge >= 0.3 is 5.97 Å². The van der Waals surface area contributed by atoms with Crippen molar-refractivity contribution in [1.29, 1.82) is 0 Å². The van der Waals surface area contributed by atoms with Crippen LogP contribution in [0.1, 0.15) is 33.8 Å². The summed E-state index contributed by atoms with van der Waals surface area (Å²) in [5.41, 5.74) is 0.490. The third kappa shape index (κ3) is 2.80. The Hall–Kier alpha value is -1.95. The Morgan fingerprint density at radius 2 is 2.05 bits per heavy atom. The highest BCUT2D eigenvalue weighted by molar-refractivity contribution is 7.10. The largest absolute Gasteiger partial charge is 0.478 e. The lowest BCUT2D eigenvalue weighted by Crippen LogP contribution is -2.10. The average Bonchev–Trinajstić information content (AvgIpc) is 2.78. The molecule has 1 heterocycles. The number of anilines is 1. The Morgan fingerprint density at radius 3 is 2.60 bits per heavy atom. The number of carbonyl (C=O) groups is 1. The van der Waals surface area contributed by atoms with E-state index in [1.807, 2.05) is 25.3 Å². The second kappa shape index (κ2) is 5.58. The van der Waals surface area contributed by atoms with Crippen molar-refractivity contribution in [2.24, 2.45) is 0 Å². The summed E-state index contributed by atoms with van der Waals surface area (Å²) in [6.07, 6.45) is 0. The van der Waals surface area contributed by atoms with Crippen molar-refractivity contribution in [2.75, 3.05) is 5.32 Å². The van der Waals surface area contributed by atoms with Gasteiger partial charge in [-0.15, -0.1) is 11.3 Å². The van der Waals surface area contributed by atoms with Crippen molar-refractivity contribution in [3.8, 4) is 0 Å². The molecule has 6 heteroatoms. The monoisotopic (exact) mass is 297 g/mol. The van der Waals surface area contributed by atoms with Gasteiger partial charge in [-0.1, -0.05) is 0 Å². The van der Waals surface area contributed by atoms with Gasteiger partial charge in [-0.05, 0) is 36.9 Å². The van der Waals surface area contributed by atoms with E-state index in [0.29, 0.717) is 6.07 Å². The Balaban J connectivity index is 2.32.